The van der Waals surface area contributed by atoms with Crippen molar-refractivity contribution in [3.63, 3.8) is 0 Å². The van der Waals surface area contributed by atoms with Crippen LogP contribution in [-0.2, 0) is 13.5 Å². The summed E-state index contributed by atoms with van der Waals surface area (Å²) in [5.74, 6) is 0.880. The zero-order chi connectivity index (χ0) is 9.97. The molecule has 0 fully saturated rings. The number of aliphatic hydroxyl groups excluding tert-OH is 1. The lowest BCUT2D eigenvalue weighted by Gasteiger charge is -2.07. The molecule has 2 aromatic rings. The summed E-state index contributed by atoms with van der Waals surface area (Å²) in [6.07, 6.45) is 5.33. The summed E-state index contributed by atoms with van der Waals surface area (Å²) < 4.78 is 1.91. The predicted molar refractivity (Wildman–Crippen MR) is 54.0 cm³/mol. The normalized spacial score (nSPS) is 13.0. The third-order valence-electron chi connectivity index (χ3n) is 2.08. The van der Waals surface area contributed by atoms with E-state index in [1.165, 1.54) is 11.3 Å². The van der Waals surface area contributed by atoms with Crippen LogP contribution in [0.1, 0.15) is 16.8 Å². The minimum absolute atomic E-state index is 0.497. The molecule has 1 unspecified atom stereocenters. The SMILES string of the molecule is Cn1ccnc1CC(O)c1cncs1. The van der Waals surface area contributed by atoms with Gasteiger partial charge in [-0.05, 0) is 0 Å². The molecule has 0 aliphatic rings. The Morgan fingerprint density at radius 2 is 2.50 bits per heavy atom. The molecule has 0 amide bonds. The fourth-order valence-electron chi connectivity index (χ4n) is 1.26. The van der Waals surface area contributed by atoms with Crippen molar-refractivity contribution < 1.29 is 5.11 Å². The average Bonchev–Trinajstić information content (AvgIpc) is 2.77. The summed E-state index contributed by atoms with van der Waals surface area (Å²) in [7, 11) is 1.92. The molecule has 0 saturated heterocycles. The molecule has 4 nitrogen and oxygen atoms in total. The highest BCUT2D eigenvalue weighted by molar-refractivity contribution is 7.09. The van der Waals surface area contributed by atoms with Gasteiger partial charge in [0.1, 0.15) is 5.82 Å². The van der Waals surface area contributed by atoms with Crippen molar-refractivity contribution in [3.05, 3.63) is 34.8 Å². The molecule has 2 heterocycles. The first-order valence-electron chi connectivity index (χ1n) is 4.30. The summed E-state index contributed by atoms with van der Waals surface area (Å²) in [5.41, 5.74) is 1.72. The second-order valence-corrected chi connectivity index (χ2v) is 4.00. The van der Waals surface area contributed by atoms with Crippen LogP contribution in [0.3, 0.4) is 0 Å². The Hall–Kier alpha value is -1.20. The first-order valence-corrected chi connectivity index (χ1v) is 5.18. The molecule has 0 aliphatic heterocycles. The highest BCUT2D eigenvalue weighted by Gasteiger charge is 2.12. The highest BCUT2D eigenvalue weighted by Crippen LogP contribution is 2.20. The van der Waals surface area contributed by atoms with Crippen molar-refractivity contribution >= 4 is 11.3 Å². The number of aromatic nitrogens is 3. The predicted octanol–water partition coefficient (Wildman–Crippen LogP) is 1.15. The van der Waals surface area contributed by atoms with E-state index in [9.17, 15) is 5.11 Å². The summed E-state index contributed by atoms with van der Waals surface area (Å²) >= 11 is 1.46. The van der Waals surface area contributed by atoms with E-state index in [2.05, 4.69) is 9.97 Å². The van der Waals surface area contributed by atoms with Gasteiger partial charge in [0.15, 0.2) is 0 Å². The number of imidazole rings is 1. The summed E-state index contributed by atoms with van der Waals surface area (Å²) in [5, 5.41) is 9.82. The van der Waals surface area contributed by atoms with E-state index >= 15 is 0 Å². The molecule has 0 bridgehead atoms. The second-order valence-electron chi connectivity index (χ2n) is 3.08. The van der Waals surface area contributed by atoms with E-state index in [4.69, 9.17) is 0 Å². The lowest BCUT2D eigenvalue weighted by Crippen LogP contribution is -2.05. The molecule has 0 spiro atoms. The van der Waals surface area contributed by atoms with Crippen LogP contribution < -0.4 is 0 Å². The smallest absolute Gasteiger partial charge is 0.111 e. The van der Waals surface area contributed by atoms with Gasteiger partial charge in [-0.3, -0.25) is 4.98 Å². The maximum atomic E-state index is 9.82. The van der Waals surface area contributed by atoms with Crippen molar-refractivity contribution in [2.75, 3.05) is 0 Å². The molecule has 14 heavy (non-hydrogen) atoms. The van der Waals surface area contributed by atoms with Crippen LogP contribution in [0.25, 0.3) is 0 Å². The van der Waals surface area contributed by atoms with E-state index in [0.717, 1.165) is 10.7 Å². The van der Waals surface area contributed by atoms with Crippen LogP contribution >= 0.6 is 11.3 Å². The second kappa shape index (κ2) is 3.89. The van der Waals surface area contributed by atoms with Gasteiger partial charge in [0.2, 0.25) is 0 Å². The maximum Gasteiger partial charge on any atom is 0.111 e. The minimum atomic E-state index is -0.497. The number of aliphatic hydroxyl groups is 1. The first-order chi connectivity index (χ1) is 6.77. The Morgan fingerprint density at radius 3 is 3.07 bits per heavy atom. The van der Waals surface area contributed by atoms with Crippen LogP contribution in [0.2, 0.25) is 0 Å². The quantitative estimate of drug-likeness (QED) is 0.825. The summed E-state index contributed by atoms with van der Waals surface area (Å²) in [6, 6.07) is 0. The zero-order valence-electron chi connectivity index (χ0n) is 7.79. The van der Waals surface area contributed by atoms with Crippen LogP contribution in [0.4, 0.5) is 0 Å². The van der Waals surface area contributed by atoms with E-state index in [0.29, 0.717) is 6.42 Å². The molecule has 5 heteroatoms. The van der Waals surface area contributed by atoms with Gasteiger partial charge in [0.05, 0.1) is 16.5 Å². The third-order valence-corrected chi connectivity index (χ3v) is 2.95. The monoisotopic (exact) mass is 209 g/mol. The van der Waals surface area contributed by atoms with E-state index < -0.39 is 6.10 Å². The van der Waals surface area contributed by atoms with Gasteiger partial charge < -0.3 is 9.67 Å². The molecule has 0 radical (unpaired) electrons. The lowest BCUT2D eigenvalue weighted by atomic mass is 10.2. The first kappa shape index (κ1) is 9.36. The van der Waals surface area contributed by atoms with Crippen LogP contribution in [0.5, 0.6) is 0 Å². The summed E-state index contributed by atoms with van der Waals surface area (Å²) in [6.45, 7) is 0. The number of thiazole rings is 1. The van der Waals surface area contributed by atoms with Crippen molar-refractivity contribution in [2.24, 2.45) is 7.05 Å². The molecular formula is C9H11N3OS. The topological polar surface area (TPSA) is 50.9 Å². The molecule has 0 saturated carbocycles. The largest absolute Gasteiger partial charge is 0.387 e. The molecular weight excluding hydrogens is 198 g/mol. The third kappa shape index (κ3) is 1.83. The van der Waals surface area contributed by atoms with Crippen molar-refractivity contribution in [2.45, 2.75) is 12.5 Å². The zero-order valence-corrected chi connectivity index (χ0v) is 8.61. The van der Waals surface area contributed by atoms with Gasteiger partial charge in [-0.2, -0.15) is 0 Å². The van der Waals surface area contributed by atoms with Crippen molar-refractivity contribution in [1.82, 2.24) is 14.5 Å². The van der Waals surface area contributed by atoms with Gasteiger partial charge in [-0.25, -0.2) is 4.98 Å². The van der Waals surface area contributed by atoms with Crippen LogP contribution in [-0.4, -0.2) is 19.6 Å². The number of hydrogen-bond donors (Lipinski definition) is 1. The fraction of sp³-hybridized carbons (Fsp3) is 0.333. The van der Waals surface area contributed by atoms with E-state index in [1.807, 2.05) is 17.8 Å². The highest BCUT2D eigenvalue weighted by atomic mass is 32.1. The van der Waals surface area contributed by atoms with Gasteiger partial charge in [0, 0.05) is 32.1 Å². The Bertz CT molecular complexity index is 396. The molecule has 74 valence electrons. The average molecular weight is 209 g/mol. The molecule has 2 aromatic heterocycles. The van der Waals surface area contributed by atoms with Gasteiger partial charge in [-0.15, -0.1) is 11.3 Å². The van der Waals surface area contributed by atoms with Crippen molar-refractivity contribution in [1.29, 1.82) is 0 Å². The van der Waals surface area contributed by atoms with Gasteiger partial charge in [-0.1, -0.05) is 0 Å². The summed E-state index contributed by atoms with van der Waals surface area (Å²) in [4.78, 5) is 8.96. The molecule has 0 aliphatic carbocycles. The van der Waals surface area contributed by atoms with Crippen LogP contribution in [0.15, 0.2) is 24.1 Å². The number of rotatable bonds is 3. The van der Waals surface area contributed by atoms with E-state index in [-0.39, 0.29) is 0 Å². The van der Waals surface area contributed by atoms with Gasteiger partial charge in [0.25, 0.3) is 0 Å². The number of aryl methyl sites for hydroxylation is 1. The van der Waals surface area contributed by atoms with Crippen molar-refractivity contribution in [3.8, 4) is 0 Å². The standard InChI is InChI=1S/C9H11N3OS/c1-12-3-2-11-9(12)4-7(13)8-5-10-6-14-8/h2-3,5-7,13H,4H2,1H3. The Morgan fingerprint density at radius 1 is 1.64 bits per heavy atom. The minimum Gasteiger partial charge on any atom is -0.387 e. The molecule has 2 rings (SSSR count). The molecule has 1 N–H and O–H groups in total. The van der Waals surface area contributed by atoms with Gasteiger partial charge >= 0.3 is 0 Å². The lowest BCUT2D eigenvalue weighted by molar-refractivity contribution is 0.178. The molecule has 0 aromatic carbocycles. The van der Waals surface area contributed by atoms with E-state index in [1.54, 1.807) is 17.9 Å². The Balaban J connectivity index is 2.09. The Kier molecular flexibility index (Phi) is 2.60. The number of hydrogen-bond acceptors (Lipinski definition) is 4. The van der Waals surface area contributed by atoms with Crippen LogP contribution in [0, 0.1) is 0 Å². The Labute approximate surface area is 85.9 Å². The molecule has 1 atom stereocenters. The number of nitrogens with zero attached hydrogens (tertiary/aromatic N) is 3. The maximum absolute atomic E-state index is 9.82. The fourth-order valence-corrected chi connectivity index (χ4v) is 1.86.